The smallest absolute Gasteiger partial charge is 0.275 e. The molecule has 2 aromatic rings. The molecule has 1 unspecified atom stereocenters. The van der Waals surface area contributed by atoms with E-state index in [1.165, 1.54) is 11.3 Å². The molecule has 1 aromatic heterocycles. The summed E-state index contributed by atoms with van der Waals surface area (Å²) in [6, 6.07) is 5.15. The van der Waals surface area contributed by atoms with E-state index in [2.05, 4.69) is 26.2 Å². The molecule has 0 saturated carbocycles. The third kappa shape index (κ3) is 3.36. The van der Waals surface area contributed by atoms with E-state index >= 15 is 0 Å². The molecule has 1 amide bonds. The molecule has 0 radical (unpaired) electrons. The number of rotatable bonds is 4. The van der Waals surface area contributed by atoms with E-state index in [9.17, 15) is 4.79 Å². The van der Waals surface area contributed by atoms with Crippen LogP contribution in [0.1, 0.15) is 28.5 Å². The molecule has 1 aromatic carbocycles. The average molecular weight is 356 g/mol. The molecule has 20 heavy (non-hydrogen) atoms. The minimum Gasteiger partial charge on any atom is -0.495 e. The van der Waals surface area contributed by atoms with Crippen LogP contribution in [0.2, 0.25) is 0 Å². The Balaban J connectivity index is 2.14. The van der Waals surface area contributed by atoms with Crippen molar-refractivity contribution in [3.8, 4) is 5.75 Å². The van der Waals surface area contributed by atoms with E-state index in [0.29, 0.717) is 17.1 Å². The fourth-order valence-electron chi connectivity index (χ4n) is 1.53. The summed E-state index contributed by atoms with van der Waals surface area (Å²) < 4.78 is 6.01. The quantitative estimate of drug-likeness (QED) is 0.882. The zero-order valence-corrected chi connectivity index (χ0v) is 13.4. The number of ether oxygens (including phenoxy) is 1. The number of nitrogens with zero attached hydrogens (tertiary/aromatic N) is 1. The van der Waals surface area contributed by atoms with Gasteiger partial charge in [0.25, 0.3) is 5.91 Å². The van der Waals surface area contributed by atoms with E-state index in [4.69, 9.17) is 10.5 Å². The molecular formula is C13H14BrN3O2S. The van der Waals surface area contributed by atoms with Crippen molar-refractivity contribution in [1.82, 2.24) is 4.98 Å². The molecule has 0 aliphatic rings. The second kappa shape index (κ2) is 6.34. The second-order valence-electron chi connectivity index (χ2n) is 4.16. The SMILES string of the molecule is COc1cc(NC(=O)c2csc(C(C)N)n2)ccc1Br. The van der Waals surface area contributed by atoms with Crippen LogP contribution in [-0.2, 0) is 0 Å². The van der Waals surface area contributed by atoms with Gasteiger partial charge in [-0.1, -0.05) is 0 Å². The zero-order valence-electron chi connectivity index (χ0n) is 11.0. The summed E-state index contributed by atoms with van der Waals surface area (Å²) in [7, 11) is 1.57. The van der Waals surface area contributed by atoms with E-state index in [-0.39, 0.29) is 11.9 Å². The largest absolute Gasteiger partial charge is 0.495 e. The standard InChI is InChI=1S/C13H14BrN3O2S/c1-7(15)13-17-10(6-20-13)12(18)16-8-3-4-9(14)11(5-8)19-2/h3-7H,15H2,1-2H3,(H,16,18). The number of carbonyl (C=O) groups is 1. The van der Waals surface area contributed by atoms with Crippen LogP contribution in [0.5, 0.6) is 5.75 Å². The Morgan fingerprint density at radius 3 is 2.90 bits per heavy atom. The van der Waals surface area contributed by atoms with Crippen molar-refractivity contribution in [2.24, 2.45) is 5.73 Å². The van der Waals surface area contributed by atoms with Crippen LogP contribution in [0.3, 0.4) is 0 Å². The van der Waals surface area contributed by atoms with Gasteiger partial charge < -0.3 is 15.8 Å². The second-order valence-corrected chi connectivity index (χ2v) is 5.91. The van der Waals surface area contributed by atoms with Crippen LogP contribution in [-0.4, -0.2) is 18.0 Å². The molecule has 0 fully saturated rings. The van der Waals surface area contributed by atoms with Gasteiger partial charge in [0.1, 0.15) is 16.5 Å². The van der Waals surface area contributed by atoms with Gasteiger partial charge in [0.2, 0.25) is 0 Å². The van der Waals surface area contributed by atoms with Crippen LogP contribution in [0.15, 0.2) is 28.1 Å². The maximum atomic E-state index is 12.1. The summed E-state index contributed by atoms with van der Waals surface area (Å²) in [5.74, 6) is 0.384. The maximum Gasteiger partial charge on any atom is 0.275 e. The normalized spacial score (nSPS) is 12.0. The number of halogens is 1. The molecule has 0 saturated heterocycles. The molecule has 106 valence electrons. The molecule has 0 aliphatic carbocycles. The van der Waals surface area contributed by atoms with Crippen molar-refractivity contribution in [1.29, 1.82) is 0 Å². The van der Waals surface area contributed by atoms with Gasteiger partial charge in [0.05, 0.1) is 17.6 Å². The van der Waals surface area contributed by atoms with Crippen LogP contribution >= 0.6 is 27.3 Å². The summed E-state index contributed by atoms with van der Waals surface area (Å²) in [6.07, 6.45) is 0. The first-order valence-electron chi connectivity index (χ1n) is 5.87. The van der Waals surface area contributed by atoms with Gasteiger partial charge in [-0.05, 0) is 35.0 Å². The molecule has 5 nitrogen and oxygen atoms in total. The minimum absolute atomic E-state index is 0.172. The Hall–Kier alpha value is -1.44. The average Bonchev–Trinajstić information content (AvgIpc) is 2.91. The van der Waals surface area contributed by atoms with Crippen LogP contribution in [0, 0.1) is 0 Å². The van der Waals surface area contributed by atoms with E-state index in [1.54, 1.807) is 24.6 Å². The molecule has 1 heterocycles. The summed E-state index contributed by atoms with van der Waals surface area (Å²) in [5.41, 5.74) is 6.74. The molecule has 7 heteroatoms. The van der Waals surface area contributed by atoms with Crippen molar-refractivity contribution in [2.45, 2.75) is 13.0 Å². The maximum absolute atomic E-state index is 12.1. The number of hydrogen-bond donors (Lipinski definition) is 2. The molecule has 1 atom stereocenters. The fraction of sp³-hybridized carbons (Fsp3) is 0.231. The number of amides is 1. The monoisotopic (exact) mass is 355 g/mol. The van der Waals surface area contributed by atoms with Crippen molar-refractivity contribution < 1.29 is 9.53 Å². The Morgan fingerprint density at radius 2 is 2.30 bits per heavy atom. The number of aromatic nitrogens is 1. The van der Waals surface area contributed by atoms with Crippen molar-refractivity contribution in [3.05, 3.63) is 38.8 Å². The number of nitrogens with one attached hydrogen (secondary N) is 1. The number of anilines is 1. The lowest BCUT2D eigenvalue weighted by Gasteiger charge is -2.07. The number of thiazole rings is 1. The van der Waals surface area contributed by atoms with Gasteiger partial charge >= 0.3 is 0 Å². The van der Waals surface area contributed by atoms with Crippen LogP contribution < -0.4 is 15.8 Å². The van der Waals surface area contributed by atoms with E-state index in [0.717, 1.165) is 9.48 Å². The number of carbonyl (C=O) groups excluding carboxylic acids is 1. The lowest BCUT2D eigenvalue weighted by atomic mass is 10.3. The Labute approximate surface area is 129 Å². The lowest BCUT2D eigenvalue weighted by molar-refractivity contribution is 0.102. The number of benzene rings is 1. The predicted octanol–water partition coefficient (Wildman–Crippen LogP) is 3.19. The minimum atomic E-state index is -0.266. The van der Waals surface area contributed by atoms with Gasteiger partial charge in [0, 0.05) is 17.1 Å². The zero-order chi connectivity index (χ0) is 14.7. The Bertz CT molecular complexity index is 628. The topological polar surface area (TPSA) is 77.2 Å². The van der Waals surface area contributed by atoms with Gasteiger partial charge in [-0.2, -0.15) is 0 Å². The third-order valence-corrected chi connectivity index (χ3v) is 4.25. The van der Waals surface area contributed by atoms with Gasteiger partial charge in [-0.3, -0.25) is 4.79 Å². The van der Waals surface area contributed by atoms with E-state index < -0.39 is 0 Å². The molecular weight excluding hydrogens is 342 g/mol. The van der Waals surface area contributed by atoms with Gasteiger partial charge in [-0.25, -0.2) is 4.98 Å². The first-order chi connectivity index (χ1) is 9.51. The summed E-state index contributed by atoms with van der Waals surface area (Å²) in [6.45, 7) is 1.83. The number of nitrogens with two attached hydrogens (primary N) is 1. The molecule has 2 rings (SSSR count). The van der Waals surface area contributed by atoms with Crippen molar-refractivity contribution >= 4 is 38.9 Å². The molecule has 0 bridgehead atoms. The summed E-state index contributed by atoms with van der Waals surface area (Å²) in [4.78, 5) is 16.3. The highest BCUT2D eigenvalue weighted by atomic mass is 79.9. The van der Waals surface area contributed by atoms with Crippen LogP contribution in [0.25, 0.3) is 0 Å². The third-order valence-electron chi connectivity index (χ3n) is 2.55. The van der Waals surface area contributed by atoms with E-state index in [1.807, 2.05) is 13.0 Å². The first-order valence-corrected chi connectivity index (χ1v) is 7.54. The summed E-state index contributed by atoms with van der Waals surface area (Å²) in [5, 5.41) is 5.21. The lowest BCUT2D eigenvalue weighted by Crippen LogP contribution is -2.13. The highest BCUT2D eigenvalue weighted by Crippen LogP contribution is 2.28. The van der Waals surface area contributed by atoms with Gasteiger partial charge in [-0.15, -0.1) is 11.3 Å². The fourth-order valence-corrected chi connectivity index (χ4v) is 2.70. The Kier molecular flexibility index (Phi) is 4.74. The van der Waals surface area contributed by atoms with Gasteiger partial charge in [0.15, 0.2) is 0 Å². The highest BCUT2D eigenvalue weighted by Gasteiger charge is 2.13. The summed E-state index contributed by atoms with van der Waals surface area (Å²) >= 11 is 4.74. The molecule has 0 aliphatic heterocycles. The van der Waals surface area contributed by atoms with Crippen LogP contribution in [0.4, 0.5) is 5.69 Å². The highest BCUT2D eigenvalue weighted by molar-refractivity contribution is 9.10. The Morgan fingerprint density at radius 1 is 1.55 bits per heavy atom. The number of methoxy groups -OCH3 is 1. The van der Waals surface area contributed by atoms with Crippen molar-refractivity contribution in [3.63, 3.8) is 0 Å². The van der Waals surface area contributed by atoms with Crippen molar-refractivity contribution in [2.75, 3.05) is 12.4 Å². The first kappa shape index (κ1) is 15.0. The molecule has 3 N–H and O–H groups in total. The predicted molar refractivity (Wildman–Crippen MR) is 83.4 cm³/mol. The number of hydrogen-bond acceptors (Lipinski definition) is 5. The molecule has 0 spiro atoms.